The fourth-order valence-corrected chi connectivity index (χ4v) is 2.37. The van der Waals surface area contributed by atoms with Gasteiger partial charge in [0.1, 0.15) is 0 Å². The number of phenols is 1. The Labute approximate surface area is 163 Å². The molecule has 0 saturated carbocycles. The lowest BCUT2D eigenvalue weighted by Crippen LogP contribution is -2.25. The molecule has 2 N–H and O–H groups in total. The third kappa shape index (κ3) is 5.12. The van der Waals surface area contributed by atoms with E-state index in [-0.39, 0.29) is 28.7 Å². The Morgan fingerprint density at radius 1 is 1.17 bits per heavy atom. The van der Waals surface area contributed by atoms with Gasteiger partial charge in [-0.3, -0.25) is 4.79 Å². The van der Waals surface area contributed by atoms with Gasteiger partial charge in [0.05, 0.1) is 7.11 Å². The second-order valence-corrected chi connectivity index (χ2v) is 5.75. The van der Waals surface area contributed by atoms with Gasteiger partial charge >= 0.3 is 12.3 Å². The zero-order chi connectivity index (χ0) is 21.0. The van der Waals surface area contributed by atoms with E-state index in [1.54, 1.807) is 6.07 Å². The molecule has 0 spiro atoms. The molecule has 1 aliphatic heterocycles. The van der Waals surface area contributed by atoms with Crippen molar-refractivity contribution in [1.82, 2.24) is 0 Å². The largest absolute Gasteiger partial charge is 0.586 e. The van der Waals surface area contributed by atoms with Gasteiger partial charge in [-0.25, -0.2) is 4.79 Å². The first-order valence-corrected chi connectivity index (χ1v) is 8.17. The number of phenolic OH excluding ortho intramolecular Hbond substituents is 1. The number of alkyl halides is 2. The first-order chi connectivity index (χ1) is 13.8. The summed E-state index contributed by atoms with van der Waals surface area (Å²) in [6, 6.07) is 8.17. The molecule has 29 heavy (non-hydrogen) atoms. The van der Waals surface area contributed by atoms with E-state index in [2.05, 4.69) is 14.8 Å². The molecule has 0 radical (unpaired) electrons. The average molecular weight is 407 g/mol. The van der Waals surface area contributed by atoms with Crippen LogP contribution in [0.5, 0.6) is 23.0 Å². The van der Waals surface area contributed by atoms with Gasteiger partial charge in [-0.1, -0.05) is 6.07 Å². The molecule has 0 fully saturated rings. The van der Waals surface area contributed by atoms with Gasteiger partial charge in [0.25, 0.3) is 5.91 Å². The molecule has 0 saturated heterocycles. The SMILES string of the molecule is COc1cc(/C=C\C(=O)OCC(=O)Nc2ccc3c(c2)OC(F)(F)O3)ccc1O. The van der Waals surface area contributed by atoms with Crippen LogP contribution in [0.4, 0.5) is 14.5 Å². The van der Waals surface area contributed by atoms with Crippen molar-refractivity contribution in [3.05, 3.63) is 48.0 Å². The molecule has 1 heterocycles. The fourth-order valence-electron chi connectivity index (χ4n) is 2.37. The van der Waals surface area contributed by atoms with Crippen LogP contribution in [0, 0.1) is 0 Å². The van der Waals surface area contributed by atoms with Gasteiger partial charge in [-0.2, -0.15) is 0 Å². The minimum absolute atomic E-state index is 0.0452. The minimum atomic E-state index is -3.76. The van der Waals surface area contributed by atoms with Gasteiger partial charge in [0.15, 0.2) is 29.6 Å². The highest BCUT2D eigenvalue weighted by Gasteiger charge is 2.43. The first-order valence-electron chi connectivity index (χ1n) is 8.17. The molecular formula is C19H15F2NO7. The van der Waals surface area contributed by atoms with Crippen LogP contribution in [0.25, 0.3) is 6.08 Å². The molecule has 1 amide bonds. The van der Waals surface area contributed by atoms with Crippen molar-refractivity contribution in [3.8, 4) is 23.0 Å². The normalized spacial score (nSPS) is 13.9. The van der Waals surface area contributed by atoms with Crippen molar-refractivity contribution in [2.45, 2.75) is 6.29 Å². The Hall–Kier alpha value is -3.82. The molecule has 0 atom stereocenters. The number of hydrogen-bond donors (Lipinski definition) is 2. The standard InChI is InChI=1S/C19H15F2NO7/c1-26-15-8-11(2-5-13(15)23)3-7-18(25)27-10-17(24)22-12-4-6-14-16(9-12)29-19(20,21)28-14/h2-9,23H,10H2,1H3,(H,22,24)/b7-3-. The van der Waals surface area contributed by atoms with Gasteiger partial charge in [0, 0.05) is 17.8 Å². The number of aromatic hydroxyl groups is 1. The van der Waals surface area contributed by atoms with E-state index >= 15 is 0 Å². The van der Waals surface area contributed by atoms with Crippen molar-refractivity contribution in [2.24, 2.45) is 0 Å². The van der Waals surface area contributed by atoms with Crippen LogP contribution in [-0.4, -0.2) is 37.0 Å². The van der Waals surface area contributed by atoms with Crippen LogP contribution >= 0.6 is 0 Å². The molecule has 0 bridgehead atoms. The molecular weight excluding hydrogens is 392 g/mol. The van der Waals surface area contributed by atoms with Crippen molar-refractivity contribution in [2.75, 3.05) is 19.0 Å². The van der Waals surface area contributed by atoms with E-state index in [1.807, 2.05) is 0 Å². The minimum Gasteiger partial charge on any atom is -0.504 e. The molecule has 152 valence electrons. The quantitative estimate of drug-likeness (QED) is 0.561. The summed E-state index contributed by atoms with van der Waals surface area (Å²) in [4.78, 5) is 23.6. The zero-order valence-corrected chi connectivity index (χ0v) is 15.0. The van der Waals surface area contributed by atoms with Gasteiger partial charge < -0.3 is 29.4 Å². The van der Waals surface area contributed by atoms with Crippen LogP contribution in [0.15, 0.2) is 42.5 Å². The maximum Gasteiger partial charge on any atom is 0.586 e. The average Bonchev–Trinajstić information content (AvgIpc) is 2.98. The number of anilines is 1. The van der Waals surface area contributed by atoms with Crippen molar-refractivity contribution < 1.29 is 42.4 Å². The Bertz CT molecular complexity index is 975. The summed E-state index contributed by atoms with van der Waals surface area (Å²) in [6.07, 6.45) is -1.24. The number of benzene rings is 2. The lowest BCUT2D eigenvalue weighted by Gasteiger charge is -2.06. The smallest absolute Gasteiger partial charge is 0.504 e. The molecule has 0 unspecified atom stereocenters. The fraction of sp³-hybridized carbons (Fsp3) is 0.158. The number of carbonyl (C=O) groups excluding carboxylic acids is 2. The first kappa shape index (κ1) is 19.9. The number of halogens is 2. The highest BCUT2D eigenvalue weighted by atomic mass is 19.3. The highest BCUT2D eigenvalue weighted by Crippen LogP contribution is 2.42. The van der Waals surface area contributed by atoms with Crippen LogP contribution in [0.3, 0.4) is 0 Å². The zero-order valence-electron chi connectivity index (χ0n) is 15.0. The molecule has 1 aliphatic rings. The van der Waals surface area contributed by atoms with E-state index in [1.165, 1.54) is 37.5 Å². The number of hydrogen-bond acceptors (Lipinski definition) is 7. The summed E-state index contributed by atoms with van der Waals surface area (Å²) >= 11 is 0. The number of amides is 1. The van der Waals surface area contributed by atoms with E-state index in [0.717, 1.165) is 12.1 Å². The number of esters is 1. The van der Waals surface area contributed by atoms with Gasteiger partial charge in [-0.15, -0.1) is 8.78 Å². The van der Waals surface area contributed by atoms with Crippen LogP contribution in [-0.2, 0) is 14.3 Å². The molecule has 0 aromatic heterocycles. The Balaban J connectivity index is 1.50. The summed E-state index contributed by atoms with van der Waals surface area (Å²) in [7, 11) is 1.39. The van der Waals surface area contributed by atoms with E-state index < -0.39 is 24.8 Å². The van der Waals surface area contributed by atoms with Crippen molar-refractivity contribution >= 4 is 23.6 Å². The Morgan fingerprint density at radius 2 is 1.93 bits per heavy atom. The molecule has 2 aromatic rings. The number of nitrogens with one attached hydrogen (secondary N) is 1. The number of rotatable bonds is 6. The molecule has 0 aliphatic carbocycles. The molecule has 2 aromatic carbocycles. The summed E-state index contributed by atoms with van der Waals surface area (Å²) in [5.41, 5.74) is 0.732. The van der Waals surface area contributed by atoms with Gasteiger partial charge in [-0.05, 0) is 35.9 Å². The summed E-state index contributed by atoms with van der Waals surface area (Å²) < 4.78 is 44.3. The summed E-state index contributed by atoms with van der Waals surface area (Å²) in [5.74, 6) is -1.65. The predicted molar refractivity (Wildman–Crippen MR) is 95.9 cm³/mol. The topological polar surface area (TPSA) is 103 Å². The number of carbonyl (C=O) groups is 2. The predicted octanol–water partition coefficient (Wildman–Crippen LogP) is 2.92. The Morgan fingerprint density at radius 3 is 2.69 bits per heavy atom. The van der Waals surface area contributed by atoms with Gasteiger partial charge in [0.2, 0.25) is 0 Å². The maximum absolute atomic E-state index is 13.0. The van der Waals surface area contributed by atoms with E-state index in [9.17, 15) is 23.5 Å². The van der Waals surface area contributed by atoms with E-state index in [0.29, 0.717) is 5.56 Å². The lowest BCUT2D eigenvalue weighted by molar-refractivity contribution is -0.286. The van der Waals surface area contributed by atoms with Crippen molar-refractivity contribution in [3.63, 3.8) is 0 Å². The number of ether oxygens (including phenoxy) is 4. The second kappa shape index (κ2) is 8.05. The molecule has 10 heteroatoms. The monoisotopic (exact) mass is 407 g/mol. The maximum atomic E-state index is 13.0. The molecule has 8 nitrogen and oxygen atoms in total. The number of fused-ring (bicyclic) bond motifs is 1. The third-order valence-corrected chi connectivity index (χ3v) is 3.65. The third-order valence-electron chi connectivity index (χ3n) is 3.65. The van der Waals surface area contributed by atoms with Crippen LogP contribution < -0.4 is 19.5 Å². The molecule has 3 rings (SSSR count). The number of methoxy groups -OCH3 is 1. The second-order valence-electron chi connectivity index (χ2n) is 5.75. The lowest BCUT2D eigenvalue weighted by atomic mass is 10.2. The summed E-state index contributed by atoms with van der Waals surface area (Å²) in [6.45, 7) is -0.591. The van der Waals surface area contributed by atoms with Crippen molar-refractivity contribution in [1.29, 1.82) is 0 Å². The summed E-state index contributed by atoms with van der Waals surface area (Å²) in [5, 5.41) is 11.9. The Kier molecular flexibility index (Phi) is 5.53. The van der Waals surface area contributed by atoms with E-state index in [4.69, 9.17) is 9.47 Å². The highest BCUT2D eigenvalue weighted by molar-refractivity contribution is 5.94. The van der Waals surface area contributed by atoms with Crippen LogP contribution in [0.2, 0.25) is 0 Å². The van der Waals surface area contributed by atoms with Crippen LogP contribution in [0.1, 0.15) is 5.56 Å².